The van der Waals surface area contributed by atoms with E-state index < -0.39 is 15.5 Å². The van der Waals surface area contributed by atoms with Gasteiger partial charge >= 0.3 is 0 Å². The van der Waals surface area contributed by atoms with Gasteiger partial charge in [-0.1, -0.05) is 0 Å². The third kappa shape index (κ3) is 3.54. The van der Waals surface area contributed by atoms with Gasteiger partial charge in [-0.05, 0) is 22.0 Å². The molecular formula is C14H12BrN3O6. The van der Waals surface area contributed by atoms with Crippen molar-refractivity contribution in [3.63, 3.8) is 0 Å². The number of anilines is 2. The van der Waals surface area contributed by atoms with Crippen LogP contribution < -0.4 is 14.8 Å². The number of methoxy groups -OCH3 is 2. The summed E-state index contributed by atoms with van der Waals surface area (Å²) in [5.41, 5.74) is -0.204. The molecule has 0 saturated carbocycles. The van der Waals surface area contributed by atoms with Gasteiger partial charge in [0, 0.05) is 23.9 Å². The second-order valence-electron chi connectivity index (χ2n) is 4.54. The van der Waals surface area contributed by atoms with Gasteiger partial charge in [0.05, 0.1) is 30.1 Å². The van der Waals surface area contributed by atoms with Gasteiger partial charge in [0.25, 0.3) is 11.4 Å². The van der Waals surface area contributed by atoms with Crippen molar-refractivity contribution in [1.29, 1.82) is 0 Å². The summed E-state index contributed by atoms with van der Waals surface area (Å²) in [4.78, 5) is 20.6. The van der Waals surface area contributed by atoms with E-state index in [1.807, 2.05) is 0 Å². The minimum atomic E-state index is -0.692. The van der Waals surface area contributed by atoms with E-state index in [9.17, 15) is 20.2 Å². The molecule has 24 heavy (non-hydrogen) atoms. The molecule has 0 fully saturated rings. The molecule has 0 aliphatic carbocycles. The van der Waals surface area contributed by atoms with Crippen molar-refractivity contribution in [2.24, 2.45) is 0 Å². The molecule has 2 rings (SSSR count). The minimum Gasteiger partial charge on any atom is -0.495 e. The molecule has 9 nitrogen and oxygen atoms in total. The topological polar surface area (TPSA) is 117 Å². The fourth-order valence-corrected chi connectivity index (χ4v) is 2.54. The maximum Gasteiger partial charge on any atom is 0.299 e. The number of nitro groups is 2. The molecule has 2 aromatic rings. The lowest BCUT2D eigenvalue weighted by atomic mass is 10.2. The van der Waals surface area contributed by atoms with E-state index >= 15 is 0 Å². The monoisotopic (exact) mass is 397 g/mol. The zero-order valence-electron chi connectivity index (χ0n) is 12.6. The number of nitrogens with one attached hydrogen (secondary N) is 1. The Balaban J connectivity index is 2.48. The smallest absolute Gasteiger partial charge is 0.299 e. The van der Waals surface area contributed by atoms with Gasteiger partial charge in [-0.25, -0.2) is 0 Å². The molecule has 0 unspecified atom stereocenters. The van der Waals surface area contributed by atoms with Crippen LogP contribution in [0.5, 0.6) is 11.5 Å². The molecule has 0 aliphatic heterocycles. The Bertz CT molecular complexity index is 786. The highest BCUT2D eigenvalue weighted by molar-refractivity contribution is 9.10. The second-order valence-corrected chi connectivity index (χ2v) is 5.33. The van der Waals surface area contributed by atoms with Crippen molar-refractivity contribution in [1.82, 2.24) is 0 Å². The fourth-order valence-electron chi connectivity index (χ4n) is 1.99. The van der Waals surface area contributed by atoms with Crippen LogP contribution in [-0.4, -0.2) is 24.1 Å². The lowest BCUT2D eigenvalue weighted by molar-refractivity contribution is -0.393. The van der Waals surface area contributed by atoms with E-state index in [0.717, 1.165) is 6.07 Å². The maximum atomic E-state index is 11.2. The molecule has 0 aliphatic rings. The molecule has 0 aromatic heterocycles. The summed E-state index contributed by atoms with van der Waals surface area (Å²) < 4.78 is 11.0. The normalized spacial score (nSPS) is 10.1. The van der Waals surface area contributed by atoms with Crippen LogP contribution in [0.2, 0.25) is 0 Å². The van der Waals surface area contributed by atoms with Gasteiger partial charge in [0.1, 0.15) is 21.7 Å². The number of non-ortho nitro benzene ring substituents is 1. The summed E-state index contributed by atoms with van der Waals surface area (Å²) in [5, 5.41) is 24.8. The third-order valence-electron chi connectivity index (χ3n) is 3.11. The number of halogens is 1. The van der Waals surface area contributed by atoms with E-state index in [-0.39, 0.29) is 11.4 Å². The van der Waals surface area contributed by atoms with E-state index in [4.69, 9.17) is 9.47 Å². The van der Waals surface area contributed by atoms with Gasteiger partial charge in [0.2, 0.25) is 0 Å². The first-order chi connectivity index (χ1) is 11.4. The van der Waals surface area contributed by atoms with Crippen LogP contribution in [0.15, 0.2) is 34.8 Å². The Morgan fingerprint density at radius 1 is 1.00 bits per heavy atom. The van der Waals surface area contributed by atoms with Crippen LogP contribution in [-0.2, 0) is 0 Å². The maximum absolute atomic E-state index is 11.2. The molecule has 0 saturated heterocycles. The first-order valence-electron chi connectivity index (χ1n) is 6.48. The molecule has 0 spiro atoms. The summed E-state index contributed by atoms with van der Waals surface area (Å²) in [7, 11) is 2.94. The van der Waals surface area contributed by atoms with Gasteiger partial charge in [-0.15, -0.1) is 0 Å². The van der Waals surface area contributed by atoms with Crippen molar-refractivity contribution in [3.8, 4) is 11.5 Å². The molecule has 1 N–H and O–H groups in total. The first kappa shape index (κ1) is 17.5. The second kappa shape index (κ2) is 7.13. The van der Waals surface area contributed by atoms with Gasteiger partial charge < -0.3 is 14.8 Å². The Labute approximate surface area is 144 Å². The number of nitrogens with zero attached hydrogens (tertiary/aromatic N) is 2. The zero-order valence-corrected chi connectivity index (χ0v) is 14.2. The highest BCUT2D eigenvalue weighted by Crippen LogP contribution is 2.39. The number of nitro benzene ring substituents is 2. The van der Waals surface area contributed by atoms with E-state index in [1.165, 1.54) is 26.4 Å². The van der Waals surface area contributed by atoms with Crippen LogP contribution in [0.3, 0.4) is 0 Å². The summed E-state index contributed by atoms with van der Waals surface area (Å²) in [6.07, 6.45) is 0. The minimum absolute atomic E-state index is 0.108. The molecule has 10 heteroatoms. The number of ether oxygens (including phenoxy) is 2. The number of hydrogen-bond donors (Lipinski definition) is 1. The van der Waals surface area contributed by atoms with Gasteiger partial charge in [-0.3, -0.25) is 20.2 Å². The Morgan fingerprint density at radius 2 is 1.58 bits per heavy atom. The SMILES string of the molecule is COc1cc(Nc2ccc([N+](=O)[O-])cc2[N+](=O)[O-])cc(OC)c1Br. The van der Waals surface area contributed by atoms with Crippen molar-refractivity contribution in [2.75, 3.05) is 19.5 Å². The average Bonchev–Trinajstić information content (AvgIpc) is 2.56. The fraction of sp³-hybridized carbons (Fsp3) is 0.143. The third-order valence-corrected chi connectivity index (χ3v) is 3.90. The van der Waals surface area contributed by atoms with E-state index in [1.54, 1.807) is 12.1 Å². The van der Waals surface area contributed by atoms with Crippen molar-refractivity contribution >= 4 is 38.7 Å². The summed E-state index contributed by atoms with van der Waals surface area (Å²) >= 11 is 3.32. The van der Waals surface area contributed by atoms with Crippen LogP contribution in [0.1, 0.15) is 0 Å². The largest absolute Gasteiger partial charge is 0.495 e. The highest BCUT2D eigenvalue weighted by atomic mass is 79.9. The Hall–Kier alpha value is -2.88. The van der Waals surface area contributed by atoms with E-state index in [0.29, 0.717) is 21.7 Å². The van der Waals surface area contributed by atoms with Crippen LogP contribution >= 0.6 is 15.9 Å². The van der Waals surface area contributed by atoms with Crippen LogP contribution in [0.4, 0.5) is 22.7 Å². The predicted octanol–water partition coefficient (Wildman–Crippen LogP) is 4.03. The van der Waals surface area contributed by atoms with Crippen molar-refractivity contribution < 1.29 is 19.3 Å². The Morgan fingerprint density at radius 3 is 2.04 bits per heavy atom. The van der Waals surface area contributed by atoms with Crippen molar-refractivity contribution in [3.05, 3.63) is 55.0 Å². The molecule has 0 heterocycles. The van der Waals surface area contributed by atoms with E-state index in [2.05, 4.69) is 21.2 Å². The predicted molar refractivity (Wildman–Crippen MR) is 90.3 cm³/mol. The molecule has 126 valence electrons. The first-order valence-corrected chi connectivity index (χ1v) is 7.28. The van der Waals surface area contributed by atoms with Gasteiger partial charge in [-0.2, -0.15) is 0 Å². The molecule has 0 bridgehead atoms. The number of hydrogen-bond acceptors (Lipinski definition) is 7. The standard InChI is InChI=1S/C14H12BrN3O6/c1-23-12-5-8(6-13(24-2)14(12)15)16-10-4-3-9(17(19)20)7-11(10)18(21)22/h3-7,16H,1-2H3. The lowest BCUT2D eigenvalue weighted by Gasteiger charge is -2.13. The van der Waals surface area contributed by atoms with Gasteiger partial charge in [0.15, 0.2) is 0 Å². The molecule has 2 aromatic carbocycles. The lowest BCUT2D eigenvalue weighted by Crippen LogP contribution is -2.00. The highest BCUT2D eigenvalue weighted by Gasteiger charge is 2.20. The zero-order chi connectivity index (χ0) is 17.9. The molecule has 0 atom stereocenters. The quantitative estimate of drug-likeness (QED) is 0.577. The van der Waals surface area contributed by atoms with Crippen LogP contribution in [0, 0.1) is 20.2 Å². The molecule has 0 amide bonds. The summed E-state index contributed by atoms with van der Waals surface area (Å²) in [6, 6.07) is 6.57. The van der Waals surface area contributed by atoms with Crippen LogP contribution in [0.25, 0.3) is 0 Å². The summed E-state index contributed by atoms with van der Waals surface area (Å²) in [6.45, 7) is 0. The average molecular weight is 398 g/mol. The molecule has 0 radical (unpaired) electrons. The molecular weight excluding hydrogens is 386 g/mol. The van der Waals surface area contributed by atoms with Crippen molar-refractivity contribution in [2.45, 2.75) is 0 Å². The number of rotatable bonds is 6. The Kier molecular flexibility index (Phi) is 5.19. The summed E-state index contributed by atoms with van der Waals surface area (Å²) in [5.74, 6) is 0.919. The number of benzene rings is 2.